The fraction of sp³-hybridized carbons (Fsp3) is 0.500. The Labute approximate surface area is 114 Å². The number of anilines is 1. The maximum absolute atomic E-state index is 10.9. The summed E-state index contributed by atoms with van der Waals surface area (Å²) in [6.45, 7) is 3.24. The zero-order valence-corrected chi connectivity index (χ0v) is 11.8. The molecule has 2 N–H and O–H groups in total. The quantitative estimate of drug-likeness (QED) is 0.890. The van der Waals surface area contributed by atoms with Crippen LogP contribution in [0.4, 0.5) is 5.82 Å². The van der Waals surface area contributed by atoms with Crippen molar-refractivity contribution in [2.75, 3.05) is 18.1 Å². The van der Waals surface area contributed by atoms with Gasteiger partial charge in [0.25, 0.3) is 0 Å². The highest BCUT2D eigenvalue weighted by atomic mass is 79.9. The van der Waals surface area contributed by atoms with Gasteiger partial charge in [-0.05, 0) is 19.1 Å². The molecule has 0 spiro atoms. The molecule has 1 saturated heterocycles. The number of carbonyl (C=O) groups is 1. The number of amides is 1. The van der Waals surface area contributed by atoms with Crippen molar-refractivity contribution in [3.63, 3.8) is 0 Å². The van der Waals surface area contributed by atoms with Gasteiger partial charge in [-0.25, -0.2) is 4.98 Å². The Morgan fingerprint density at radius 2 is 2.50 bits per heavy atom. The van der Waals surface area contributed by atoms with E-state index in [1.165, 1.54) is 0 Å². The van der Waals surface area contributed by atoms with Crippen LogP contribution < -0.4 is 10.6 Å². The first-order valence-corrected chi connectivity index (χ1v) is 6.65. The number of aromatic nitrogens is 1. The van der Waals surface area contributed by atoms with E-state index >= 15 is 0 Å². The van der Waals surface area contributed by atoms with Crippen molar-refractivity contribution in [3.05, 3.63) is 22.8 Å². The van der Waals surface area contributed by atoms with Crippen LogP contribution in [0, 0.1) is 0 Å². The van der Waals surface area contributed by atoms with Crippen LogP contribution in [-0.4, -0.2) is 36.2 Å². The first-order chi connectivity index (χ1) is 8.58. The molecule has 0 aromatic carbocycles. The molecule has 1 fully saturated rings. The van der Waals surface area contributed by atoms with Crippen molar-refractivity contribution in [1.82, 2.24) is 4.98 Å². The highest BCUT2D eigenvalue weighted by Crippen LogP contribution is 2.25. The van der Waals surface area contributed by atoms with Crippen molar-refractivity contribution < 1.29 is 9.53 Å². The van der Waals surface area contributed by atoms with E-state index in [0.29, 0.717) is 19.6 Å². The summed E-state index contributed by atoms with van der Waals surface area (Å²) in [6, 6.07) is 4.06. The van der Waals surface area contributed by atoms with Gasteiger partial charge in [0, 0.05) is 23.6 Å². The topological polar surface area (TPSA) is 68.5 Å². The van der Waals surface area contributed by atoms with Crippen molar-refractivity contribution in [2.45, 2.75) is 25.5 Å². The molecular formula is C12H16BrN3O2. The Morgan fingerprint density at radius 1 is 1.72 bits per heavy atom. The second-order valence-electron chi connectivity index (χ2n) is 4.35. The van der Waals surface area contributed by atoms with E-state index in [4.69, 9.17) is 10.5 Å². The molecule has 2 atom stereocenters. The number of halogens is 1. The summed E-state index contributed by atoms with van der Waals surface area (Å²) in [4.78, 5) is 17.4. The fourth-order valence-electron chi connectivity index (χ4n) is 1.95. The molecular weight excluding hydrogens is 298 g/mol. The lowest BCUT2D eigenvalue weighted by atomic mass is 10.1. The van der Waals surface area contributed by atoms with E-state index in [9.17, 15) is 4.79 Å². The number of nitrogens with two attached hydrogens (primary N) is 1. The van der Waals surface area contributed by atoms with Crippen LogP contribution in [0.2, 0.25) is 0 Å². The van der Waals surface area contributed by atoms with Crippen LogP contribution in [0.3, 0.4) is 0 Å². The SMILES string of the molecule is CC1OCC1N(CCC(N)=O)c1cc(Br)ccn1. The van der Waals surface area contributed by atoms with Gasteiger partial charge in [0.05, 0.1) is 18.8 Å². The third-order valence-electron chi connectivity index (χ3n) is 3.07. The number of rotatable bonds is 5. The number of pyridine rings is 1. The molecule has 1 amide bonds. The van der Waals surface area contributed by atoms with Gasteiger partial charge in [-0.15, -0.1) is 0 Å². The average Bonchev–Trinajstić information content (AvgIpc) is 2.32. The maximum Gasteiger partial charge on any atom is 0.219 e. The van der Waals surface area contributed by atoms with Crippen LogP contribution in [0.1, 0.15) is 13.3 Å². The van der Waals surface area contributed by atoms with Gasteiger partial charge < -0.3 is 15.4 Å². The molecule has 1 aromatic heterocycles. The third-order valence-corrected chi connectivity index (χ3v) is 3.57. The number of primary amides is 1. The molecule has 0 radical (unpaired) electrons. The van der Waals surface area contributed by atoms with Gasteiger partial charge >= 0.3 is 0 Å². The average molecular weight is 314 g/mol. The van der Waals surface area contributed by atoms with E-state index in [2.05, 4.69) is 25.8 Å². The van der Waals surface area contributed by atoms with Crippen LogP contribution in [-0.2, 0) is 9.53 Å². The second-order valence-corrected chi connectivity index (χ2v) is 5.26. The smallest absolute Gasteiger partial charge is 0.219 e. The Kier molecular flexibility index (Phi) is 4.19. The van der Waals surface area contributed by atoms with Crippen molar-refractivity contribution in [3.8, 4) is 0 Å². The predicted molar refractivity (Wildman–Crippen MR) is 72.3 cm³/mol. The fourth-order valence-corrected chi connectivity index (χ4v) is 2.27. The predicted octanol–water partition coefficient (Wildman–Crippen LogP) is 1.31. The Balaban J connectivity index is 2.15. The zero-order valence-electron chi connectivity index (χ0n) is 10.2. The largest absolute Gasteiger partial charge is 0.374 e. The Bertz CT molecular complexity index is 441. The summed E-state index contributed by atoms with van der Waals surface area (Å²) in [5.74, 6) is 0.536. The molecule has 18 heavy (non-hydrogen) atoms. The normalized spacial score (nSPS) is 22.3. The van der Waals surface area contributed by atoms with Crippen molar-refractivity contribution in [2.24, 2.45) is 5.73 Å². The summed E-state index contributed by atoms with van der Waals surface area (Å²) in [5, 5.41) is 0. The number of ether oxygens (including phenoxy) is 1. The van der Waals surface area contributed by atoms with Crippen LogP contribution in [0.25, 0.3) is 0 Å². The highest BCUT2D eigenvalue weighted by Gasteiger charge is 2.34. The van der Waals surface area contributed by atoms with E-state index in [0.717, 1.165) is 10.3 Å². The van der Waals surface area contributed by atoms with Crippen molar-refractivity contribution >= 4 is 27.7 Å². The number of carbonyl (C=O) groups excluding carboxylic acids is 1. The Hall–Kier alpha value is -1.14. The molecule has 6 heteroatoms. The summed E-state index contributed by atoms with van der Waals surface area (Å²) in [5.41, 5.74) is 5.22. The Morgan fingerprint density at radius 3 is 3.00 bits per heavy atom. The van der Waals surface area contributed by atoms with Gasteiger partial charge in [-0.3, -0.25) is 4.79 Å². The summed E-state index contributed by atoms with van der Waals surface area (Å²) in [6.07, 6.45) is 2.21. The van der Waals surface area contributed by atoms with Crippen LogP contribution in [0.5, 0.6) is 0 Å². The molecule has 1 aromatic rings. The molecule has 5 nitrogen and oxygen atoms in total. The molecule has 98 valence electrons. The number of hydrogen-bond acceptors (Lipinski definition) is 4. The van der Waals surface area contributed by atoms with Gasteiger partial charge in [-0.1, -0.05) is 15.9 Å². The van der Waals surface area contributed by atoms with E-state index < -0.39 is 0 Å². The van der Waals surface area contributed by atoms with Crippen LogP contribution in [0.15, 0.2) is 22.8 Å². The molecule has 1 aliphatic rings. The lowest BCUT2D eigenvalue weighted by Crippen LogP contribution is -2.56. The standard InChI is InChI=1S/C12H16BrN3O2/c1-8-10(7-18-8)16(5-3-11(14)17)12-6-9(13)2-4-15-12/h2,4,6,8,10H,3,5,7H2,1H3,(H2,14,17). The first kappa shape index (κ1) is 13.3. The summed E-state index contributed by atoms with van der Waals surface area (Å²) < 4.78 is 6.35. The summed E-state index contributed by atoms with van der Waals surface area (Å²) in [7, 11) is 0. The molecule has 2 rings (SSSR count). The minimum atomic E-state index is -0.303. The van der Waals surface area contributed by atoms with Crippen molar-refractivity contribution in [1.29, 1.82) is 0 Å². The van der Waals surface area contributed by atoms with E-state index in [1.54, 1.807) is 6.20 Å². The molecule has 1 aliphatic heterocycles. The lowest BCUT2D eigenvalue weighted by molar-refractivity contribution is -0.118. The van der Waals surface area contributed by atoms with Gasteiger partial charge in [0.1, 0.15) is 5.82 Å². The third kappa shape index (κ3) is 3.00. The van der Waals surface area contributed by atoms with Crippen LogP contribution >= 0.6 is 15.9 Å². The van der Waals surface area contributed by atoms with E-state index in [-0.39, 0.29) is 18.1 Å². The van der Waals surface area contributed by atoms with E-state index in [1.807, 2.05) is 19.1 Å². The lowest BCUT2D eigenvalue weighted by Gasteiger charge is -2.43. The molecule has 0 saturated carbocycles. The second kappa shape index (κ2) is 5.67. The molecule has 0 bridgehead atoms. The number of hydrogen-bond donors (Lipinski definition) is 1. The zero-order chi connectivity index (χ0) is 13.1. The minimum Gasteiger partial charge on any atom is -0.374 e. The maximum atomic E-state index is 10.9. The highest BCUT2D eigenvalue weighted by molar-refractivity contribution is 9.10. The molecule has 0 aliphatic carbocycles. The first-order valence-electron chi connectivity index (χ1n) is 5.86. The van der Waals surface area contributed by atoms with Gasteiger partial charge in [0.15, 0.2) is 0 Å². The van der Waals surface area contributed by atoms with Gasteiger partial charge in [0.2, 0.25) is 5.91 Å². The molecule has 2 heterocycles. The molecule has 2 unspecified atom stereocenters. The minimum absolute atomic E-state index is 0.152. The monoisotopic (exact) mass is 313 g/mol. The number of nitrogens with zero attached hydrogens (tertiary/aromatic N) is 2. The van der Waals surface area contributed by atoms with Gasteiger partial charge in [-0.2, -0.15) is 0 Å². The summed E-state index contributed by atoms with van der Waals surface area (Å²) >= 11 is 3.43.